The number of benzene rings is 1. The van der Waals surface area contributed by atoms with Crippen LogP contribution in [-0.4, -0.2) is 51.3 Å². The zero-order valence-corrected chi connectivity index (χ0v) is 20.1. The molecule has 0 bridgehead atoms. The Balaban J connectivity index is 0.00000841. The molecule has 0 radical (unpaired) electrons. The summed E-state index contributed by atoms with van der Waals surface area (Å²) >= 11 is 0. The molecule has 0 saturated heterocycles. The van der Waals surface area contributed by atoms with Crippen LogP contribution in [0.5, 0.6) is 5.75 Å². The van der Waals surface area contributed by atoms with Gasteiger partial charge in [-0.25, -0.2) is 0 Å². The van der Waals surface area contributed by atoms with Crippen LogP contribution in [0.25, 0.3) is 0 Å². The first kappa shape index (κ1) is 28.2. The molecule has 0 heterocycles. The number of carbonyl (C=O) groups excluding carboxylic acids is 1. The second-order valence-corrected chi connectivity index (χ2v) is 7.15. The van der Waals surface area contributed by atoms with E-state index in [1.807, 2.05) is 0 Å². The first-order valence-corrected chi connectivity index (χ1v) is 9.05. The van der Waals surface area contributed by atoms with E-state index in [-0.39, 0.29) is 60.2 Å². The number of methoxy groups -OCH3 is 1. The quantitative estimate of drug-likeness (QED) is 0.202. The van der Waals surface area contributed by atoms with Gasteiger partial charge in [-0.05, 0) is 38.5 Å². The van der Waals surface area contributed by atoms with Crippen LogP contribution in [-0.2, 0) is 22.3 Å². The van der Waals surface area contributed by atoms with E-state index in [1.165, 1.54) is 26.3 Å². The topological polar surface area (TPSA) is 84.0 Å². The monoisotopic (exact) mass is 546 g/mol. The summed E-state index contributed by atoms with van der Waals surface area (Å²) in [4.78, 5) is 15.6. The molecule has 1 amide bonds. The van der Waals surface area contributed by atoms with Crippen LogP contribution in [0.2, 0.25) is 0 Å². The number of amides is 1. The largest absolute Gasteiger partial charge is 0.488 e. The highest BCUT2D eigenvalue weighted by Crippen LogP contribution is 2.35. The van der Waals surface area contributed by atoms with Gasteiger partial charge in [0.1, 0.15) is 11.4 Å². The Bertz CT molecular complexity index is 707. The molecule has 11 heteroatoms. The SMILES string of the molecule is CN=C(NCC(=O)NCCOC)NCc1ccc(OC(C)(C)C)cc1C(F)(F)F.I. The molecule has 0 fully saturated rings. The Hall–Kier alpha value is -1.76. The normalized spacial score (nSPS) is 12.1. The van der Waals surface area contributed by atoms with Crippen molar-refractivity contribution in [3.8, 4) is 5.75 Å². The van der Waals surface area contributed by atoms with Crippen molar-refractivity contribution >= 4 is 35.8 Å². The molecule has 0 atom stereocenters. The highest BCUT2D eigenvalue weighted by molar-refractivity contribution is 14.0. The first-order valence-electron chi connectivity index (χ1n) is 9.05. The summed E-state index contributed by atoms with van der Waals surface area (Å²) in [7, 11) is 2.98. The molecule has 1 rings (SSSR count). The lowest BCUT2D eigenvalue weighted by Gasteiger charge is -2.23. The van der Waals surface area contributed by atoms with Gasteiger partial charge in [-0.3, -0.25) is 9.79 Å². The number of ether oxygens (including phenoxy) is 2. The van der Waals surface area contributed by atoms with Gasteiger partial charge < -0.3 is 25.4 Å². The lowest BCUT2D eigenvalue weighted by atomic mass is 10.1. The number of carbonyl (C=O) groups is 1. The minimum atomic E-state index is -4.54. The van der Waals surface area contributed by atoms with E-state index in [4.69, 9.17) is 9.47 Å². The molecule has 30 heavy (non-hydrogen) atoms. The average molecular weight is 546 g/mol. The second kappa shape index (κ2) is 12.8. The summed E-state index contributed by atoms with van der Waals surface area (Å²) in [6, 6.07) is 3.85. The summed E-state index contributed by atoms with van der Waals surface area (Å²) in [5.74, 6) is 0.0588. The number of halogens is 4. The van der Waals surface area contributed by atoms with Gasteiger partial charge in [0.05, 0.1) is 18.7 Å². The molecular weight excluding hydrogens is 516 g/mol. The predicted octanol–water partition coefficient (Wildman–Crippen LogP) is 2.93. The van der Waals surface area contributed by atoms with Crippen molar-refractivity contribution < 1.29 is 27.4 Å². The molecule has 0 aliphatic heterocycles. The maximum Gasteiger partial charge on any atom is 0.416 e. The molecule has 1 aromatic carbocycles. The van der Waals surface area contributed by atoms with E-state index in [2.05, 4.69) is 20.9 Å². The molecule has 0 spiro atoms. The minimum Gasteiger partial charge on any atom is -0.488 e. The summed E-state index contributed by atoms with van der Waals surface area (Å²) in [5.41, 5.74) is -1.37. The lowest BCUT2D eigenvalue weighted by molar-refractivity contribution is -0.138. The van der Waals surface area contributed by atoms with Crippen molar-refractivity contribution in [1.82, 2.24) is 16.0 Å². The van der Waals surface area contributed by atoms with Crippen molar-refractivity contribution in [3.05, 3.63) is 29.3 Å². The molecule has 0 aliphatic rings. The first-order chi connectivity index (χ1) is 13.5. The van der Waals surface area contributed by atoms with Crippen LogP contribution >= 0.6 is 24.0 Å². The molecule has 0 unspecified atom stereocenters. The van der Waals surface area contributed by atoms with Gasteiger partial charge in [0.15, 0.2) is 5.96 Å². The Labute approximate surface area is 192 Å². The molecule has 0 aromatic heterocycles. The van der Waals surface area contributed by atoms with Crippen molar-refractivity contribution in [1.29, 1.82) is 0 Å². The average Bonchev–Trinajstić information content (AvgIpc) is 2.60. The van der Waals surface area contributed by atoms with Crippen LogP contribution in [0.15, 0.2) is 23.2 Å². The molecule has 172 valence electrons. The van der Waals surface area contributed by atoms with Crippen molar-refractivity contribution in [2.75, 3.05) is 33.9 Å². The Morgan fingerprint density at radius 3 is 2.33 bits per heavy atom. The molecule has 0 saturated carbocycles. The Kier molecular flexibility index (Phi) is 12.1. The predicted molar refractivity (Wildman–Crippen MR) is 120 cm³/mol. The van der Waals surface area contributed by atoms with Gasteiger partial charge in [-0.1, -0.05) is 6.07 Å². The third-order valence-corrected chi connectivity index (χ3v) is 3.53. The number of guanidine groups is 1. The number of aliphatic imine (C=N–C) groups is 1. The summed E-state index contributed by atoms with van der Waals surface area (Å²) in [6.07, 6.45) is -4.54. The fourth-order valence-corrected chi connectivity index (χ4v) is 2.31. The van der Waals surface area contributed by atoms with Gasteiger partial charge >= 0.3 is 6.18 Å². The molecule has 0 aliphatic carbocycles. The van der Waals surface area contributed by atoms with Gasteiger partial charge in [0.2, 0.25) is 5.91 Å². The van der Waals surface area contributed by atoms with Gasteiger partial charge in [-0.15, -0.1) is 24.0 Å². The number of nitrogens with one attached hydrogen (secondary N) is 3. The van der Waals surface area contributed by atoms with E-state index in [9.17, 15) is 18.0 Å². The number of hydrogen-bond acceptors (Lipinski definition) is 4. The molecule has 3 N–H and O–H groups in total. The summed E-state index contributed by atoms with van der Waals surface area (Å²) in [5, 5.41) is 8.15. The molecule has 7 nitrogen and oxygen atoms in total. The standard InChI is InChI=1S/C19H29F3N4O3.HI/c1-18(2,3)29-14-7-6-13(15(10-14)19(20,21)22)11-25-17(23-4)26-12-16(27)24-8-9-28-5;/h6-7,10H,8-9,11-12H2,1-5H3,(H,24,27)(H2,23,25,26);1H. The number of hydrogen-bond donors (Lipinski definition) is 3. The fraction of sp³-hybridized carbons (Fsp3) is 0.579. The van der Waals surface area contributed by atoms with Crippen LogP contribution in [0.1, 0.15) is 31.9 Å². The van der Waals surface area contributed by atoms with Crippen LogP contribution < -0.4 is 20.7 Å². The maximum absolute atomic E-state index is 13.5. The van der Waals surface area contributed by atoms with Crippen LogP contribution in [0.3, 0.4) is 0 Å². The fourth-order valence-electron chi connectivity index (χ4n) is 2.31. The summed E-state index contributed by atoms with van der Waals surface area (Å²) < 4.78 is 50.8. The van der Waals surface area contributed by atoms with Crippen molar-refractivity contribution in [2.45, 2.75) is 39.1 Å². The van der Waals surface area contributed by atoms with Crippen LogP contribution in [0.4, 0.5) is 13.2 Å². The number of nitrogens with zero attached hydrogens (tertiary/aromatic N) is 1. The van der Waals surface area contributed by atoms with Crippen molar-refractivity contribution in [2.24, 2.45) is 4.99 Å². The van der Waals surface area contributed by atoms with E-state index in [0.29, 0.717) is 13.2 Å². The van der Waals surface area contributed by atoms with E-state index in [0.717, 1.165) is 6.07 Å². The highest BCUT2D eigenvalue weighted by atomic mass is 127. The molecular formula is C19H30F3IN4O3. The number of alkyl halides is 3. The van der Waals surface area contributed by atoms with Crippen molar-refractivity contribution in [3.63, 3.8) is 0 Å². The smallest absolute Gasteiger partial charge is 0.416 e. The lowest BCUT2D eigenvalue weighted by Crippen LogP contribution is -2.43. The zero-order valence-electron chi connectivity index (χ0n) is 17.8. The van der Waals surface area contributed by atoms with E-state index >= 15 is 0 Å². The van der Waals surface area contributed by atoms with Crippen LogP contribution in [0, 0.1) is 0 Å². The summed E-state index contributed by atoms with van der Waals surface area (Å²) in [6.45, 7) is 5.82. The third kappa shape index (κ3) is 10.9. The Morgan fingerprint density at radius 2 is 1.80 bits per heavy atom. The number of rotatable bonds is 8. The van der Waals surface area contributed by atoms with Gasteiger partial charge in [-0.2, -0.15) is 13.2 Å². The Morgan fingerprint density at radius 1 is 1.13 bits per heavy atom. The third-order valence-electron chi connectivity index (χ3n) is 3.53. The van der Waals surface area contributed by atoms with E-state index < -0.39 is 17.3 Å². The second-order valence-electron chi connectivity index (χ2n) is 7.15. The molecule has 1 aromatic rings. The minimum absolute atomic E-state index is 0. The maximum atomic E-state index is 13.5. The zero-order chi connectivity index (χ0) is 22.1. The van der Waals surface area contributed by atoms with Gasteiger partial charge in [0, 0.05) is 27.2 Å². The van der Waals surface area contributed by atoms with E-state index in [1.54, 1.807) is 20.8 Å². The highest BCUT2D eigenvalue weighted by Gasteiger charge is 2.34. The van der Waals surface area contributed by atoms with Gasteiger partial charge in [0.25, 0.3) is 0 Å².